The summed E-state index contributed by atoms with van der Waals surface area (Å²) in [4.78, 5) is 49.9. The minimum atomic E-state index is -0.763. The maximum atomic E-state index is 13.1. The summed E-state index contributed by atoms with van der Waals surface area (Å²) in [5.74, 6) is -0.583. The molecule has 0 spiro atoms. The van der Waals surface area contributed by atoms with Crippen LogP contribution in [0.1, 0.15) is 43.6 Å². The zero-order valence-electron chi connectivity index (χ0n) is 17.0. The van der Waals surface area contributed by atoms with Crippen molar-refractivity contribution in [2.24, 2.45) is 5.73 Å². The lowest BCUT2D eigenvalue weighted by atomic mass is 10.0. The summed E-state index contributed by atoms with van der Waals surface area (Å²) in [6.45, 7) is 4.67. The first kappa shape index (κ1) is 20.3. The van der Waals surface area contributed by atoms with Crippen LogP contribution in [-0.2, 0) is 17.9 Å². The van der Waals surface area contributed by atoms with Gasteiger partial charge < -0.3 is 10.6 Å². The molecule has 0 unspecified atom stereocenters. The Morgan fingerprint density at radius 2 is 2.07 bits per heavy atom. The Hall–Kier alpha value is -3.01. The lowest BCUT2D eigenvalue weighted by molar-refractivity contribution is -0.135. The van der Waals surface area contributed by atoms with Crippen LogP contribution in [0, 0.1) is 0 Å². The van der Waals surface area contributed by atoms with E-state index >= 15 is 0 Å². The van der Waals surface area contributed by atoms with Gasteiger partial charge in [0.15, 0.2) is 17.2 Å². The summed E-state index contributed by atoms with van der Waals surface area (Å²) >= 11 is 1.43. The normalized spacial score (nSPS) is 16.9. The van der Waals surface area contributed by atoms with E-state index in [-0.39, 0.29) is 29.7 Å². The van der Waals surface area contributed by atoms with Crippen LogP contribution in [0.2, 0.25) is 0 Å². The quantitative estimate of drug-likeness (QED) is 0.666. The molecule has 0 saturated carbocycles. The van der Waals surface area contributed by atoms with Crippen molar-refractivity contribution >= 4 is 34.3 Å². The second kappa shape index (κ2) is 8.02. The number of nitrogens with two attached hydrogens (primary N) is 1. The van der Waals surface area contributed by atoms with Crippen LogP contribution < -0.4 is 11.4 Å². The number of amides is 2. The number of hydrogen-bond acceptors (Lipinski definition) is 6. The summed E-state index contributed by atoms with van der Waals surface area (Å²) in [6.07, 6.45) is 2.98. The summed E-state index contributed by atoms with van der Waals surface area (Å²) < 4.78 is 2.74. The first-order chi connectivity index (χ1) is 14.4. The molecule has 4 rings (SSSR count). The number of aromatic nitrogens is 4. The van der Waals surface area contributed by atoms with Gasteiger partial charge in [-0.1, -0.05) is 6.07 Å². The first-order valence-corrected chi connectivity index (χ1v) is 10.9. The summed E-state index contributed by atoms with van der Waals surface area (Å²) in [5, 5.41) is 1.88. The predicted molar refractivity (Wildman–Crippen MR) is 114 cm³/mol. The monoisotopic (exact) mass is 428 g/mol. The maximum Gasteiger partial charge on any atom is 0.330 e. The molecule has 3 aromatic rings. The number of piperidine rings is 1. The number of thiophene rings is 1. The number of imidazole rings is 1. The van der Waals surface area contributed by atoms with Crippen LogP contribution in [0.5, 0.6) is 0 Å². The van der Waals surface area contributed by atoms with Gasteiger partial charge in [0.2, 0.25) is 5.91 Å². The number of carbonyl (C=O) groups excluding carboxylic acids is 2. The molecular weight excluding hydrogens is 404 g/mol. The number of nitrogens with zero attached hydrogens (tertiary/aromatic N) is 5. The van der Waals surface area contributed by atoms with E-state index in [0.717, 1.165) is 24.1 Å². The Balaban J connectivity index is 1.87. The Bertz CT molecular complexity index is 1160. The van der Waals surface area contributed by atoms with Gasteiger partial charge in [-0.15, -0.1) is 11.3 Å². The highest BCUT2D eigenvalue weighted by Gasteiger charge is 2.28. The number of hydrogen-bond donors (Lipinski definition) is 1. The molecule has 30 heavy (non-hydrogen) atoms. The number of rotatable bonds is 5. The minimum Gasteiger partial charge on any atom is -0.364 e. The molecule has 3 aromatic heterocycles. The number of carbonyl (C=O) groups is 2. The summed E-state index contributed by atoms with van der Waals surface area (Å²) in [6, 6.07) is 3.82. The molecule has 0 bridgehead atoms. The van der Waals surface area contributed by atoms with Gasteiger partial charge in [0.25, 0.3) is 5.91 Å². The Morgan fingerprint density at radius 3 is 2.70 bits per heavy atom. The fourth-order valence-electron chi connectivity index (χ4n) is 4.03. The van der Waals surface area contributed by atoms with Crippen molar-refractivity contribution in [1.29, 1.82) is 0 Å². The molecule has 2 amide bonds. The molecule has 10 heteroatoms. The third-order valence-corrected chi connectivity index (χ3v) is 6.43. The molecular formula is C20H24N6O3S. The average molecular weight is 429 g/mol. The van der Waals surface area contributed by atoms with Crippen LogP contribution in [0.3, 0.4) is 0 Å². The van der Waals surface area contributed by atoms with Crippen molar-refractivity contribution in [2.75, 3.05) is 6.54 Å². The summed E-state index contributed by atoms with van der Waals surface area (Å²) in [7, 11) is 0. The van der Waals surface area contributed by atoms with Crippen LogP contribution in [0.15, 0.2) is 22.3 Å². The smallest absolute Gasteiger partial charge is 0.330 e. The molecule has 1 fully saturated rings. The fourth-order valence-corrected chi connectivity index (χ4v) is 4.68. The van der Waals surface area contributed by atoms with Gasteiger partial charge in [0.05, 0.1) is 4.88 Å². The van der Waals surface area contributed by atoms with Crippen LogP contribution >= 0.6 is 11.3 Å². The molecule has 158 valence electrons. The number of aryl methyl sites for hydroxylation is 1. The van der Waals surface area contributed by atoms with E-state index in [9.17, 15) is 14.4 Å². The van der Waals surface area contributed by atoms with E-state index in [1.54, 1.807) is 4.90 Å². The molecule has 1 atom stereocenters. The van der Waals surface area contributed by atoms with Gasteiger partial charge >= 0.3 is 5.69 Å². The maximum absolute atomic E-state index is 13.1. The van der Waals surface area contributed by atoms with Crippen molar-refractivity contribution in [2.45, 2.75) is 52.2 Å². The third kappa shape index (κ3) is 3.41. The van der Waals surface area contributed by atoms with Crippen LogP contribution in [0.4, 0.5) is 0 Å². The highest BCUT2D eigenvalue weighted by molar-refractivity contribution is 7.13. The zero-order chi connectivity index (χ0) is 21.4. The average Bonchev–Trinajstić information content (AvgIpc) is 3.35. The van der Waals surface area contributed by atoms with E-state index in [0.29, 0.717) is 24.6 Å². The molecule has 0 aliphatic carbocycles. The number of fused-ring (bicyclic) bond motifs is 1. The Kier molecular flexibility index (Phi) is 5.42. The first-order valence-electron chi connectivity index (χ1n) is 10.1. The van der Waals surface area contributed by atoms with E-state index < -0.39 is 11.6 Å². The van der Waals surface area contributed by atoms with E-state index in [1.165, 1.54) is 20.5 Å². The van der Waals surface area contributed by atoms with Crippen molar-refractivity contribution < 1.29 is 9.59 Å². The third-order valence-electron chi connectivity index (χ3n) is 5.56. The molecule has 0 radical (unpaired) electrons. The minimum absolute atomic E-state index is 0.0489. The van der Waals surface area contributed by atoms with Gasteiger partial charge in [-0.05, 0) is 44.6 Å². The Labute approximate surface area is 177 Å². The van der Waals surface area contributed by atoms with Gasteiger partial charge in [-0.3, -0.25) is 18.7 Å². The highest BCUT2D eigenvalue weighted by atomic mass is 32.1. The van der Waals surface area contributed by atoms with E-state index in [2.05, 4.69) is 9.97 Å². The van der Waals surface area contributed by atoms with Gasteiger partial charge in [0, 0.05) is 19.1 Å². The van der Waals surface area contributed by atoms with Gasteiger partial charge in [-0.2, -0.15) is 0 Å². The van der Waals surface area contributed by atoms with E-state index in [1.807, 2.05) is 31.4 Å². The SMILES string of the molecule is CCn1c(=O)n(CC(=O)N2CCCC[C@H]2C)c2c(C(N)=O)nc(-c3cccs3)nc21. The lowest BCUT2D eigenvalue weighted by Gasteiger charge is -2.33. The van der Waals surface area contributed by atoms with Crippen LogP contribution in [0.25, 0.3) is 21.9 Å². The highest BCUT2D eigenvalue weighted by Crippen LogP contribution is 2.25. The topological polar surface area (TPSA) is 116 Å². The van der Waals surface area contributed by atoms with Crippen molar-refractivity contribution in [1.82, 2.24) is 24.0 Å². The standard InChI is InChI=1S/C20H24N6O3S/c1-3-24-19-16(15(17(21)28)22-18(23-19)13-8-6-10-30-13)26(20(24)29)11-14(27)25-9-5-4-7-12(25)2/h6,8,10,12H,3-5,7,9,11H2,1-2H3,(H2,21,28)/t12-/m1/s1. The lowest BCUT2D eigenvalue weighted by Crippen LogP contribution is -2.44. The van der Waals surface area contributed by atoms with Crippen molar-refractivity contribution in [3.8, 4) is 10.7 Å². The summed E-state index contributed by atoms with van der Waals surface area (Å²) in [5.41, 5.74) is 5.70. The predicted octanol–water partition coefficient (Wildman–Crippen LogP) is 1.84. The van der Waals surface area contributed by atoms with Crippen LogP contribution in [-0.4, -0.2) is 48.4 Å². The fraction of sp³-hybridized carbons (Fsp3) is 0.450. The van der Waals surface area contributed by atoms with Gasteiger partial charge in [-0.25, -0.2) is 14.8 Å². The molecule has 1 aliphatic heterocycles. The molecule has 2 N–H and O–H groups in total. The molecule has 1 aliphatic rings. The molecule has 4 heterocycles. The van der Waals surface area contributed by atoms with Crippen molar-refractivity contribution in [3.63, 3.8) is 0 Å². The largest absolute Gasteiger partial charge is 0.364 e. The molecule has 9 nitrogen and oxygen atoms in total. The zero-order valence-corrected chi connectivity index (χ0v) is 17.8. The van der Waals surface area contributed by atoms with Gasteiger partial charge in [0.1, 0.15) is 12.1 Å². The van der Waals surface area contributed by atoms with Crippen molar-refractivity contribution in [3.05, 3.63) is 33.7 Å². The number of primary amides is 1. The second-order valence-electron chi connectivity index (χ2n) is 7.45. The Morgan fingerprint density at radius 1 is 1.27 bits per heavy atom. The van der Waals surface area contributed by atoms with E-state index in [4.69, 9.17) is 5.73 Å². The number of likely N-dealkylation sites (tertiary alicyclic amines) is 1. The molecule has 1 saturated heterocycles. The molecule has 0 aromatic carbocycles. The second-order valence-corrected chi connectivity index (χ2v) is 8.40.